The largest absolute Gasteiger partial charge is 0.332 e. The van der Waals surface area contributed by atoms with E-state index in [0.717, 1.165) is 29.8 Å². The molecule has 0 aromatic carbocycles. The third-order valence-electron chi connectivity index (χ3n) is 4.96. The molecule has 2 aromatic heterocycles. The van der Waals surface area contributed by atoms with Crippen LogP contribution in [0.2, 0.25) is 0 Å². The summed E-state index contributed by atoms with van der Waals surface area (Å²) < 4.78 is 28.4. The minimum Gasteiger partial charge on any atom is -0.276 e. The molecule has 0 radical (unpaired) electrons. The fourth-order valence-corrected chi connectivity index (χ4v) is 4.53. The van der Waals surface area contributed by atoms with E-state index in [1.807, 2.05) is 0 Å². The summed E-state index contributed by atoms with van der Waals surface area (Å²) in [5, 5.41) is 4.29. The Kier molecular flexibility index (Phi) is 4.46. The molecular weight excluding hydrogens is 380 g/mol. The first-order chi connectivity index (χ1) is 12.4. The molecule has 8 nitrogen and oxygen atoms in total. The number of nitrogens with zero attached hydrogens (tertiary/aromatic N) is 4. The van der Waals surface area contributed by atoms with Gasteiger partial charge in [-0.25, -0.2) is 13.2 Å². The van der Waals surface area contributed by atoms with Crippen molar-refractivity contribution in [3.05, 3.63) is 27.0 Å². The predicted molar refractivity (Wildman–Crippen MR) is 98.2 cm³/mol. The standard InChI is InChI=1S/C16H21ClN4O4S/c17-6-1-7-26(24,25)21-10-13-14(18-21)19(8-11-2-3-11)16(23)20(15(13)22)9-12-4-5-12/h10-12H,1-9H2. The lowest BCUT2D eigenvalue weighted by Crippen LogP contribution is -2.40. The lowest BCUT2D eigenvalue weighted by molar-refractivity contribution is 0.519. The van der Waals surface area contributed by atoms with Crippen LogP contribution in [0.3, 0.4) is 0 Å². The molecule has 0 N–H and O–H groups in total. The molecule has 2 heterocycles. The second-order valence-corrected chi connectivity index (χ2v) is 9.62. The highest BCUT2D eigenvalue weighted by molar-refractivity contribution is 7.89. The van der Waals surface area contributed by atoms with Gasteiger partial charge in [0.1, 0.15) is 5.39 Å². The molecule has 10 heteroatoms. The molecule has 4 rings (SSSR count). The summed E-state index contributed by atoms with van der Waals surface area (Å²) >= 11 is 5.59. The Morgan fingerprint density at radius 1 is 1.08 bits per heavy atom. The van der Waals surface area contributed by atoms with E-state index in [0.29, 0.717) is 31.3 Å². The number of halogens is 1. The molecule has 2 aliphatic rings. The van der Waals surface area contributed by atoms with Crippen molar-refractivity contribution in [1.29, 1.82) is 0 Å². The molecule has 0 spiro atoms. The van der Waals surface area contributed by atoms with Crippen molar-refractivity contribution >= 4 is 32.7 Å². The molecule has 0 atom stereocenters. The van der Waals surface area contributed by atoms with E-state index in [1.165, 1.54) is 15.3 Å². The summed E-state index contributed by atoms with van der Waals surface area (Å²) in [6.07, 6.45) is 5.63. The molecule has 2 fully saturated rings. The van der Waals surface area contributed by atoms with Crippen molar-refractivity contribution in [2.45, 2.75) is 45.2 Å². The Morgan fingerprint density at radius 2 is 1.69 bits per heavy atom. The highest BCUT2D eigenvalue weighted by atomic mass is 35.5. The van der Waals surface area contributed by atoms with Gasteiger partial charge in [-0.3, -0.25) is 13.9 Å². The third kappa shape index (κ3) is 3.34. The van der Waals surface area contributed by atoms with E-state index in [1.54, 1.807) is 0 Å². The zero-order chi connectivity index (χ0) is 18.5. The van der Waals surface area contributed by atoms with Crippen LogP contribution in [0.5, 0.6) is 0 Å². The SMILES string of the molecule is O=c1c2cn(S(=O)(=O)CCCCl)nc2n(CC2CC2)c(=O)n1CC1CC1. The Bertz CT molecular complexity index is 1060. The van der Waals surface area contributed by atoms with Crippen LogP contribution in [0, 0.1) is 11.8 Å². The van der Waals surface area contributed by atoms with Gasteiger partial charge in [0.25, 0.3) is 15.6 Å². The number of aromatic nitrogens is 4. The normalized spacial score (nSPS) is 17.9. The lowest BCUT2D eigenvalue weighted by atomic mass is 10.3. The van der Waals surface area contributed by atoms with Gasteiger partial charge in [0.2, 0.25) is 0 Å². The minimum absolute atomic E-state index is 0.159. The summed E-state index contributed by atoms with van der Waals surface area (Å²) in [6, 6.07) is 0. The maximum absolute atomic E-state index is 12.9. The van der Waals surface area contributed by atoms with Crippen LogP contribution in [0.25, 0.3) is 11.0 Å². The molecule has 2 aromatic rings. The predicted octanol–water partition coefficient (Wildman–Crippen LogP) is 0.986. The van der Waals surface area contributed by atoms with Gasteiger partial charge < -0.3 is 0 Å². The number of hydrogen-bond donors (Lipinski definition) is 0. The first-order valence-corrected chi connectivity index (χ1v) is 11.1. The molecule has 0 saturated heterocycles. The molecule has 0 unspecified atom stereocenters. The first-order valence-electron chi connectivity index (χ1n) is 8.93. The van der Waals surface area contributed by atoms with Crippen molar-refractivity contribution in [2.75, 3.05) is 11.6 Å². The molecular formula is C16H21ClN4O4S. The average molecular weight is 401 g/mol. The van der Waals surface area contributed by atoms with Crippen molar-refractivity contribution in [3.63, 3.8) is 0 Å². The second-order valence-electron chi connectivity index (χ2n) is 7.29. The van der Waals surface area contributed by atoms with Gasteiger partial charge in [0.05, 0.1) is 11.9 Å². The van der Waals surface area contributed by atoms with E-state index < -0.39 is 15.6 Å². The zero-order valence-corrected chi connectivity index (χ0v) is 15.9. The highest BCUT2D eigenvalue weighted by Gasteiger charge is 2.29. The van der Waals surface area contributed by atoms with Crippen LogP contribution in [0.15, 0.2) is 15.8 Å². The average Bonchev–Trinajstić information content (AvgIpc) is 3.53. The number of alkyl halides is 1. The van der Waals surface area contributed by atoms with Gasteiger partial charge in [0, 0.05) is 19.0 Å². The van der Waals surface area contributed by atoms with Crippen molar-refractivity contribution < 1.29 is 8.42 Å². The molecule has 26 heavy (non-hydrogen) atoms. The maximum atomic E-state index is 12.9. The minimum atomic E-state index is -3.71. The number of rotatable bonds is 8. The third-order valence-corrected chi connectivity index (χ3v) is 6.79. The van der Waals surface area contributed by atoms with Gasteiger partial charge in [-0.1, -0.05) is 0 Å². The summed E-state index contributed by atoms with van der Waals surface area (Å²) in [6.45, 7) is 0.863. The maximum Gasteiger partial charge on any atom is 0.332 e. The molecule has 0 amide bonds. The summed E-state index contributed by atoms with van der Waals surface area (Å²) in [5.41, 5.74) is -0.680. The van der Waals surface area contributed by atoms with E-state index in [9.17, 15) is 18.0 Å². The van der Waals surface area contributed by atoms with Gasteiger partial charge >= 0.3 is 5.69 Å². The van der Waals surface area contributed by atoms with Crippen molar-refractivity contribution in [1.82, 2.24) is 18.3 Å². The number of fused-ring (bicyclic) bond motifs is 1. The quantitative estimate of drug-likeness (QED) is 0.615. The summed E-state index contributed by atoms with van der Waals surface area (Å²) in [7, 11) is -3.71. The summed E-state index contributed by atoms with van der Waals surface area (Å²) in [5.74, 6) is 0.810. The van der Waals surface area contributed by atoms with Gasteiger partial charge in [-0.15, -0.1) is 16.7 Å². The van der Waals surface area contributed by atoms with Crippen LogP contribution < -0.4 is 11.2 Å². The van der Waals surface area contributed by atoms with Crippen LogP contribution in [0.4, 0.5) is 0 Å². The highest BCUT2D eigenvalue weighted by Crippen LogP contribution is 2.31. The molecule has 0 aliphatic heterocycles. The Labute approximate surface area is 155 Å². The molecule has 2 saturated carbocycles. The van der Waals surface area contributed by atoms with Crippen molar-refractivity contribution in [3.8, 4) is 0 Å². The smallest absolute Gasteiger partial charge is 0.276 e. The van der Waals surface area contributed by atoms with E-state index in [2.05, 4.69) is 5.10 Å². The Morgan fingerprint density at radius 3 is 2.27 bits per heavy atom. The Hall–Kier alpha value is -1.61. The van der Waals surface area contributed by atoms with E-state index >= 15 is 0 Å². The van der Waals surface area contributed by atoms with Crippen molar-refractivity contribution in [2.24, 2.45) is 11.8 Å². The molecule has 0 bridgehead atoms. The van der Waals surface area contributed by atoms with Crippen LogP contribution >= 0.6 is 11.6 Å². The lowest BCUT2D eigenvalue weighted by Gasteiger charge is -2.10. The first kappa shape index (κ1) is 17.8. The van der Waals surface area contributed by atoms with E-state index in [-0.39, 0.29) is 28.4 Å². The fourth-order valence-electron chi connectivity index (χ4n) is 3.08. The fraction of sp³-hybridized carbons (Fsp3) is 0.688. The van der Waals surface area contributed by atoms with Gasteiger partial charge in [-0.05, 0) is 43.9 Å². The number of hydrogen-bond acceptors (Lipinski definition) is 5. The Balaban J connectivity index is 1.87. The van der Waals surface area contributed by atoms with E-state index in [4.69, 9.17) is 11.6 Å². The van der Waals surface area contributed by atoms with Crippen LogP contribution in [0.1, 0.15) is 32.1 Å². The molecule has 2 aliphatic carbocycles. The van der Waals surface area contributed by atoms with Gasteiger partial charge in [-0.2, -0.15) is 4.09 Å². The zero-order valence-electron chi connectivity index (χ0n) is 14.3. The van der Waals surface area contributed by atoms with Gasteiger partial charge in [0.15, 0.2) is 5.65 Å². The monoisotopic (exact) mass is 400 g/mol. The second kappa shape index (κ2) is 6.53. The van der Waals surface area contributed by atoms with Crippen LogP contribution in [-0.2, 0) is 23.1 Å². The molecule has 142 valence electrons. The topological polar surface area (TPSA) is 96.0 Å². The van der Waals surface area contributed by atoms with Crippen LogP contribution in [-0.4, -0.2) is 38.4 Å². The summed E-state index contributed by atoms with van der Waals surface area (Å²) in [4.78, 5) is 25.7.